The summed E-state index contributed by atoms with van der Waals surface area (Å²) in [5.74, 6) is 0.174. The van der Waals surface area contributed by atoms with Gasteiger partial charge in [0.25, 0.3) is 0 Å². The van der Waals surface area contributed by atoms with E-state index < -0.39 is 0 Å². The number of benzene rings is 1. The summed E-state index contributed by atoms with van der Waals surface area (Å²) in [5, 5.41) is 3.64. The molecule has 1 aromatic carbocycles. The lowest BCUT2D eigenvalue weighted by atomic mass is 9.84. The Morgan fingerprint density at radius 2 is 1.89 bits per heavy atom. The zero-order valence-electron chi connectivity index (χ0n) is 10.1. The van der Waals surface area contributed by atoms with E-state index in [0.29, 0.717) is 5.02 Å². The zero-order chi connectivity index (χ0) is 12.5. The maximum Gasteiger partial charge on any atom is 0.227 e. The first kappa shape index (κ1) is 12.0. The highest BCUT2D eigenvalue weighted by Gasteiger charge is 2.38. The van der Waals surface area contributed by atoms with Crippen LogP contribution in [-0.2, 0) is 9.53 Å². The van der Waals surface area contributed by atoms with Crippen molar-refractivity contribution < 1.29 is 9.53 Å². The first-order valence-corrected chi connectivity index (χ1v) is 6.83. The molecule has 18 heavy (non-hydrogen) atoms. The number of nitrogens with one attached hydrogen (secondary N) is 1. The van der Waals surface area contributed by atoms with Crippen LogP contribution in [-0.4, -0.2) is 12.0 Å². The van der Waals surface area contributed by atoms with Gasteiger partial charge in [0, 0.05) is 10.6 Å². The fourth-order valence-corrected chi connectivity index (χ4v) is 2.93. The predicted molar refractivity (Wildman–Crippen MR) is 69.2 cm³/mol. The van der Waals surface area contributed by atoms with Gasteiger partial charge in [0.15, 0.2) is 6.23 Å². The molecular formula is C14H16ClNO2. The minimum absolute atomic E-state index is 0.0438. The Labute approximate surface area is 111 Å². The van der Waals surface area contributed by atoms with Gasteiger partial charge in [0.2, 0.25) is 5.91 Å². The summed E-state index contributed by atoms with van der Waals surface area (Å²) in [6.45, 7) is 0. The molecule has 3 unspecified atom stereocenters. The number of halogens is 1. The minimum atomic E-state index is -0.325. The van der Waals surface area contributed by atoms with Crippen LogP contribution in [0.1, 0.15) is 37.5 Å². The monoisotopic (exact) mass is 265 g/mol. The van der Waals surface area contributed by atoms with E-state index >= 15 is 0 Å². The van der Waals surface area contributed by atoms with Crippen molar-refractivity contribution in [1.29, 1.82) is 0 Å². The summed E-state index contributed by atoms with van der Waals surface area (Å²) in [6, 6.07) is 7.44. The molecule has 96 valence electrons. The van der Waals surface area contributed by atoms with Crippen LogP contribution in [0.5, 0.6) is 0 Å². The average Bonchev–Trinajstić information content (AvgIpc) is 2.39. The SMILES string of the molecule is O=C1NC(c2ccc(Cl)cc2)OC2CCCCC12. The van der Waals surface area contributed by atoms with E-state index in [-0.39, 0.29) is 24.2 Å². The second-order valence-corrected chi connectivity index (χ2v) is 5.44. The third kappa shape index (κ3) is 2.25. The van der Waals surface area contributed by atoms with Crippen LogP contribution in [0.25, 0.3) is 0 Å². The van der Waals surface area contributed by atoms with Gasteiger partial charge in [0.1, 0.15) is 0 Å². The molecule has 1 aliphatic carbocycles. The second kappa shape index (κ2) is 4.90. The Bertz CT molecular complexity index is 446. The molecule has 0 bridgehead atoms. The number of carbonyl (C=O) groups excluding carboxylic acids is 1. The molecule has 0 aromatic heterocycles. The molecule has 1 aromatic rings. The standard InChI is InChI=1S/C14H16ClNO2/c15-10-7-5-9(6-8-10)14-16-13(17)11-3-1-2-4-12(11)18-14/h5-8,11-12,14H,1-4H2,(H,16,17). The van der Waals surface area contributed by atoms with E-state index in [1.165, 1.54) is 0 Å². The van der Waals surface area contributed by atoms with E-state index in [2.05, 4.69) is 5.32 Å². The minimum Gasteiger partial charge on any atom is -0.350 e. The van der Waals surface area contributed by atoms with Gasteiger partial charge in [-0.25, -0.2) is 0 Å². The second-order valence-electron chi connectivity index (χ2n) is 5.01. The molecule has 1 aliphatic heterocycles. The molecule has 0 radical (unpaired) electrons. The van der Waals surface area contributed by atoms with Crippen molar-refractivity contribution in [3.05, 3.63) is 34.9 Å². The molecule has 1 heterocycles. The summed E-state index contributed by atoms with van der Waals surface area (Å²) in [5.41, 5.74) is 0.955. The molecule has 3 atom stereocenters. The first-order valence-electron chi connectivity index (χ1n) is 6.45. The van der Waals surface area contributed by atoms with Gasteiger partial charge in [-0.2, -0.15) is 0 Å². The molecule has 2 aliphatic rings. The van der Waals surface area contributed by atoms with Gasteiger partial charge in [-0.1, -0.05) is 36.6 Å². The Hall–Kier alpha value is -1.06. The average molecular weight is 266 g/mol. The van der Waals surface area contributed by atoms with E-state index in [9.17, 15) is 4.79 Å². The zero-order valence-corrected chi connectivity index (χ0v) is 10.8. The number of hydrogen-bond acceptors (Lipinski definition) is 2. The number of carbonyl (C=O) groups is 1. The molecule has 1 saturated heterocycles. The Kier molecular flexibility index (Phi) is 3.27. The highest BCUT2D eigenvalue weighted by molar-refractivity contribution is 6.30. The predicted octanol–water partition coefficient (Wildman–Crippen LogP) is 3.04. The van der Waals surface area contributed by atoms with Crippen LogP contribution in [0, 0.1) is 5.92 Å². The molecule has 3 rings (SSSR count). The van der Waals surface area contributed by atoms with E-state index in [4.69, 9.17) is 16.3 Å². The molecule has 0 spiro atoms. The van der Waals surface area contributed by atoms with Crippen molar-refractivity contribution in [2.24, 2.45) is 5.92 Å². The third-order valence-electron chi connectivity index (χ3n) is 3.80. The van der Waals surface area contributed by atoms with Crippen LogP contribution in [0.15, 0.2) is 24.3 Å². The van der Waals surface area contributed by atoms with Crippen molar-refractivity contribution in [3.8, 4) is 0 Å². The Morgan fingerprint density at radius 3 is 2.67 bits per heavy atom. The lowest BCUT2D eigenvalue weighted by Gasteiger charge is -2.39. The van der Waals surface area contributed by atoms with Crippen molar-refractivity contribution in [2.75, 3.05) is 0 Å². The van der Waals surface area contributed by atoms with Gasteiger partial charge in [-0.05, 0) is 25.0 Å². The van der Waals surface area contributed by atoms with Gasteiger partial charge >= 0.3 is 0 Å². The fraction of sp³-hybridized carbons (Fsp3) is 0.500. The number of rotatable bonds is 1. The summed E-state index contributed by atoms with van der Waals surface area (Å²) >= 11 is 5.86. The van der Waals surface area contributed by atoms with Crippen LogP contribution < -0.4 is 5.32 Å². The molecule has 4 heteroatoms. The largest absolute Gasteiger partial charge is 0.350 e. The highest BCUT2D eigenvalue weighted by atomic mass is 35.5. The molecule has 2 fully saturated rings. The van der Waals surface area contributed by atoms with Crippen molar-refractivity contribution >= 4 is 17.5 Å². The fourth-order valence-electron chi connectivity index (χ4n) is 2.80. The molecule has 1 N–H and O–H groups in total. The Balaban J connectivity index is 1.78. The van der Waals surface area contributed by atoms with E-state index in [1.807, 2.05) is 24.3 Å². The normalized spacial score (nSPS) is 31.6. The number of amides is 1. The molecule has 1 saturated carbocycles. The molecule has 1 amide bonds. The van der Waals surface area contributed by atoms with E-state index in [0.717, 1.165) is 31.2 Å². The molecule has 3 nitrogen and oxygen atoms in total. The quantitative estimate of drug-likeness (QED) is 0.848. The summed E-state index contributed by atoms with van der Waals surface area (Å²) < 4.78 is 6.01. The smallest absolute Gasteiger partial charge is 0.227 e. The van der Waals surface area contributed by atoms with Gasteiger partial charge in [-0.3, -0.25) is 4.79 Å². The molecular weight excluding hydrogens is 250 g/mol. The van der Waals surface area contributed by atoms with Crippen LogP contribution >= 0.6 is 11.6 Å². The maximum absolute atomic E-state index is 12.1. The lowest BCUT2D eigenvalue weighted by molar-refractivity contribution is -0.159. The van der Waals surface area contributed by atoms with Gasteiger partial charge in [0.05, 0.1) is 12.0 Å². The highest BCUT2D eigenvalue weighted by Crippen LogP contribution is 2.34. The Morgan fingerprint density at radius 1 is 1.17 bits per heavy atom. The lowest BCUT2D eigenvalue weighted by Crippen LogP contribution is -2.49. The van der Waals surface area contributed by atoms with Crippen molar-refractivity contribution in [1.82, 2.24) is 5.32 Å². The number of hydrogen-bond donors (Lipinski definition) is 1. The third-order valence-corrected chi connectivity index (χ3v) is 4.05. The number of fused-ring (bicyclic) bond motifs is 1. The van der Waals surface area contributed by atoms with Gasteiger partial charge in [-0.15, -0.1) is 0 Å². The van der Waals surface area contributed by atoms with Crippen LogP contribution in [0.4, 0.5) is 0 Å². The van der Waals surface area contributed by atoms with Crippen molar-refractivity contribution in [2.45, 2.75) is 38.0 Å². The van der Waals surface area contributed by atoms with E-state index in [1.54, 1.807) is 0 Å². The summed E-state index contributed by atoms with van der Waals surface area (Å²) in [4.78, 5) is 12.1. The van der Waals surface area contributed by atoms with Crippen molar-refractivity contribution in [3.63, 3.8) is 0 Å². The maximum atomic E-state index is 12.1. The van der Waals surface area contributed by atoms with Gasteiger partial charge < -0.3 is 10.1 Å². The van der Waals surface area contributed by atoms with Crippen LogP contribution in [0.3, 0.4) is 0 Å². The summed E-state index contributed by atoms with van der Waals surface area (Å²) in [7, 11) is 0. The number of ether oxygens (including phenoxy) is 1. The topological polar surface area (TPSA) is 38.3 Å². The first-order chi connectivity index (χ1) is 8.74. The summed E-state index contributed by atoms with van der Waals surface area (Å²) in [6.07, 6.45) is 3.97. The van der Waals surface area contributed by atoms with Crippen LogP contribution in [0.2, 0.25) is 5.02 Å².